The third-order valence-electron chi connectivity index (χ3n) is 4.17. The van der Waals surface area contributed by atoms with Gasteiger partial charge in [-0.3, -0.25) is 0 Å². The van der Waals surface area contributed by atoms with Crippen molar-refractivity contribution in [2.45, 2.75) is 59.5 Å². The zero-order chi connectivity index (χ0) is 14.8. The van der Waals surface area contributed by atoms with E-state index in [4.69, 9.17) is 0 Å². The van der Waals surface area contributed by atoms with Crippen LogP contribution >= 0.6 is 0 Å². The van der Waals surface area contributed by atoms with Gasteiger partial charge in [0.1, 0.15) is 6.04 Å². The zero-order valence-corrected chi connectivity index (χ0v) is 12.5. The molecule has 1 rings (SSSR count). The second-order valence-corrected chi connectivity index (χ2v) is 6.78. The molecule has 4 unspecified atom stereocenters. The number of urea groups is 1. The van der Waals surface area contributed by atoms with Crippen LogP contribution in [0.15, 0.2) is 0 Å². The molecule has 110 valence electrons. The van der Waals surface area contributed by atoms with Gasteiger partial charge in [0.05, 0.1) is 0 Å². The summed E-state index contributed by atoms with van der Waals surface area (Å²) < 4.78 is 0. The fourth-order valence-corrected chi connectivity index (χ4v) is 2.56. The molecule has 0 bridgehead atoms. The number of carbonyl (C=O) groups is 2. The molecule has 4 atom stereocenters. The number of amides is 2. The lowest BCUT2D eigenvalue weighted by atomic mass is 9.87. The van der Waals surface area contributed by atoms with Crippen LogP contribution in [0.25, 0.3) is 0 Å². The highest BCUT2D eigenvalue weighted by atomic mass is 16.4. The number of rotatable bonds is 3. The summed E-state index contributed by atoms with van der Waals surface area (Å²) in [6, 6.07) is -1.13. The molecule has 3 N–H and O–H groups in total. The van der Waals surface area contributed by atoms with Crippen molar-refractivity contribution in [3.8, 4) is 0 Å². The Bertz CT molecular complexity index is 349. The average Bonchev–Trinajstić information content (AvgIpc) is 2.56. The highest BCUT2D eigenvalue weighted by molar-refractivity contribution is 5.83. The van der Waals surface area contributed by atoms with Crippen molar-refractivity contribution in [1.29, 1.82) is 0 Å². The highest BCUT2D eigenvalue weighted by Crippen LogP contribution is 2.31. The minimum absolute atomic E-state index is 0.143. The smallest absolute Gasteiger partial charge is 0.326 e. The summed E-state index contributed by atoms with van der Waals surface area (Å²) in [7, 11) is 0. The summed E-state index contributed by atoms with van der Waals surface area (Å²) in [5, 5.41) is 14.6. The van der Waals surface area contributed by atoms with Crippen molar-refractivity contribution >= 4 is 12.0 Å². The largest absolute Gasteiger partial charge is 0.480 e. The van der Waals surface area contributed by atoms with Gasteiger partial charge < -0.3 is 15.7 Å². The number of carboxylic acid groups (broad SMARTS) is 1. The molecule has 0 spiro atoms. The van der Waals surface area contributed by atoms with Gasteiger partial charge in [0.15, 0.2) is 0 Å². The Morgan fingerprint density at radius 3 is 2.16 bits per heavy atom. The molecular formula is C14H26N2O3. The summed E-state index contributed by atoms with van der Waals surface area (Å²) in [6.07, 6.45) is 2.07. The number of nitrogens with one attached hydrogen (secondary N) is 2. The fourth-order valence-electron chi connectivity index (χ4n) is 2.56. The van der Waals surface area contributed by atoms with Crippen LogP contribution in [0.2, 0.25) is 0 Å². The monoisotopic (exact) mass is 270 g/mol. The minimum atomic E-state index is -1.00. The second-order valence-electron chi connectivity index (χ2n) is 6.78. The van der Waals surface area contributed by atoms with Crippen LogP contribution in [0.1, 0.15) is 47.5 Å². The van der Waals surface area contributed by atoms with E-state index in [1.165, 1.54) is 0 Å². The Labute approximate surface area is 115 Å². The van der Waals surface area contributed by atoms with Gasteiger partial charge in [0, 0.05) is 6.04 Å². The van der Waals surface area contributed by atoms with E-state index in [0.717, 1.165) is 12.8 Å². The Hall–Kier alpha value is -1.26. The molecule has 0 saturated heterocycles. The van der Waals surface area contributed by atoms with Gasteiger partial charge in [-0.25, -0.2) is 9.59 Å². The number of carbonyl (C=O) groups excluding carboxylic acids is 1. The van der Waals surface area contributed by atoms with E-state index < -0.39 is 17.4 Å². The first-order valence-corrected chi connectivity index (χ1v) is 6.92. The van der Waals surface area contributed by atoms with Crippen molar-refractivity contribution in [3.63, 3.8) is 0 Å². The third-order valence-corrected chi connectivity index (χ3v) is 4.17. The van der Waals surface area contributed by atoms with E-state index in [-0.39, 0.29) is 12.1 Å². The third kappa shape index (κ3) is 4.11. The second kappa shape index (κ2) is 5.80. The van der Waals surface area contributed by atoms with Gasteiger partial charge >= 0.3 is 12.0 Å². The van der Waals surface area contributed by atoms with Gasteiger partial charge in [-0.15, -0.1) is 0 Å². The van der Waals surface area contributed by atoms with E-state index in [2.05, 4.69) is 24.5 Å². The van der Waals surface area contributed by atoms with E-state index >= 15 is 0 Å². The van der Waals surface area contributed by atoms with Gasteiger partial charge in [0.2, 0.25) is 0 Å². The lowest BCUT2D eigenvalue weighted by Gasteiger charge is -2.29. The average molecular weight is 270 g/mol. The van der Waals surface area contributed by atoms with Crippen molar-refractivity contribution in [1.82, 2.24) is 10.6 Å². The summed E-state index contributed by atoms with van der Waals surface area (Å²) in [4.78, 5) is 23.1. The van der Waals surface area contributed by atoms with Gasteiger partial charge in [0.25, 0.3) is 0 Å². The van der Waals surface area contributed by atoms with Crippen LogP contribution in [0.3, 0.4) is 0 Å². The Morgan fingerprint density at radius 2 is 1.79 bits per heavy atom. The molecule has 19 heavy (non-hydrogen) atoms. The topological polar surface area (TPSA) is 78.4 Å². The molecule has 1 saturated carbocycles. The van der Waals surface area contributed by atoms with Crippen molar-refractivity contribution in [2.75, 3.05) is 0 Å². The summed E-state index contributed by atoms with van der Waals surface area (Å²) >= 11 is 0. The Morgan fingerprint density at radius 1 is 1.21 bits per heavy atom. The van der Waals surface area contributed by atoms with E-state index in [9.17, 15) is 14.7 Å². The first-order chi connectivity index (χ1) is 8.62. The van der Waals surface area contributed by atoms with Crippen LogP contribution in [-0.4, -0.2) is 29.2 Å². The van der Waals surface area contributed by atoms with Gasteiger partial charge in [-0.05, 0) is 30.1 Å². The molecule has 0 aliphatic heterocycles. The number of carboxylic acids is 1. The number of aliphatic carboxylic acids is 1. The quantitative estimate of drug-likeness (QED) is 0.735. The molecule has 2 amide bonds. The summed E-state index contributed by atoms with van der Waals surface area (Å²) in [6.45, 7) is 9.70. The van der Waals surface area contributed by atoms with Crippen LogP contribution in [0.4, 0.5) is 4.79 Å². The predicted molar refractivity (Wildman–Crippen MR) is 73.9 cm³/mol. The Kier molecular flexibility index (Phi) is 4.82. The molecule has 5 heteroatoms. The molecule has 1 fully saturated rings. The molecular weight excluding hydrogens is 244 g/mol. The standard InChI is InChI=1S/C14H26N2O3/c1-8-6-7-10(9(8)2)15-13(19)16-11(12(17)18)14(3,4)5/h8-11H,6-7H2,1-5H3,(H,17,18)(H2,15,16,19). The lowest BCUT2D eigenvalue weighted by molar-refractivity contribution is -0.141. The maximum Gasteiger partial charge on any atom is 0.326 e. The Balaban J connectivity index is 2.57. The molecule has 0 aromatic carbocycles. The van der Waals surface area contributed by atoms with E-state index in [0.29, 0.717) is 11.8 Å². The van der Waals surface area contributed by atoms with Crippen molar-refractivity contribution < 1.29 is 14.7 Å². The van der Waals surface area contributed by atoms with Gasteiger partial charge in [-0.2, -0.15) is 0 Å². The minimum Gasteiger partial charge on any atom is -0.480 e. The van der Waals surface area contributed by atoms with E-state index in [1.54, 1.807) is 20.8 Å². The van der Waals surface area contributed by atoms with E-state index in [1.807, 2.05) is 0 Å². The van der Waals surface area contributed by atoms with Crippen LogP contribution in [-0.2, 0) is 4.79 Å². The maximum atomic E-state index is 11.9. The fraction of sp³-hybridized carbons (Fsp3) is 0.857. The number of hydrogen-bond donors (Lipinski definition) is 3. The molecule has 1 aliphatic rings. The molecule has 0 aromatic heterocycles. The van der Waals surface area contributed by atoms with Crippen LogP contribution < -0.4 is 10.6 Å². The van der Waals surface area contributed by atoms with Crippen molar-refractivity contribution in [3.05, 3.63) is 0 Å². The molecule has 5 nitrogen and oxygen atoms in total. The summed E-state index contributed by atoms with van der Waals surface area (Å²) in [5.41, 5.74) is -0.516. The predicted octanol–water partition coefficient (Wildman–Crippen LogP) is 2.22. The normalized spacial score (nSPS) is 28.8. The lowest BCUT2D eigenvalue weighted by Crippen LogP contribution is -2.54. The molecule has 0 heterocycles. The first kappa shape index (κ1) is 15.8. The summed E-state index contributed by atoms with van der Waals surface area (Å²) in [5.74, 6) is 0.0299. The van der Waals surface area contributed by atoms with Crippen molar-refractivity contribution in [2.24, 2.45) is 17.3 Å². The highest BCUT2D eigenvalue weighted by Gasteiger charge is 2.35. The number of hydrogen-bond acceptors (Lipinski definition) is 2. The molecule has 1 aliphatic carbocycles. The van der Waals surface area contributed by atoms with Gasteiger partial charge in [-0.1, -0.05) is 34.6 Å². The molecule has 0 aromatic rings. The SMILES string of the molecule is CC1CCC(NC(=O)NC(C(=O)O)C(C)(C)C)C1C. The first-order valence-electron chi connectivity index (χ1n) is 6.92. The maximum absolute atomic E-state index is 11.9. The zero-order valence-electron chi connectivity index (χ0n) is 12.5. The molecule has 0 radical (unpaired) electrons. The van der Waals surface area contributed by atoms with Crippen LogP contribution in [0.5, 0.6) is 0 Å². The van der Waals surface area contributed by atoms with Crippen LogP contribution in [0, 0.1) is 17.3 Å².